The summed E-state index contributed by atoms with van der Waals surface area (Å²) in [5, 5.41) is 3.66. The number of ether oxygens (including phenoxy) is 2. The van der Waals surface area contributed by atoms with Crippen LogP contribution in [0.3, 0.4) is 0 Å². The summed E-state index contributed by atoms with van der Waals surface area (Å²) in [6, 6.07) is 0.682. The molecule has 0 spiro atoms. The minimum absolute atomic E-state index is 0.185. The van der Waals surface area contributed by atoms with E-state index in [2.05, 4.69) is 12.2 Å². The molecule has 0 aromatic carbocycles. The highest BCUT2D eigenvalue weighted by molar-refractivity contribution is 4.76. The standard InChI is InChI=1S/C15H31NO2/c1-4-6-13-7-5-8-14(10-9-13)16-11-15(18-3)12-17-2/h13-16H,4-12H2,1-3H3. The molecule has 18 heavy (non-hydrogen) atoms. The molecule has 1 aliphatic rings. The van der Waals surface area contributed by atoms with Crippen LogP contribution in [0.4, 0.5) is 0 Å². The zero-order valence-corrected chi connectivity index (χ0v) is 12.4. The summed E-state index contributed by atoms with van der Waals surface area (Å²) in [6.45, 7) is 3.89. The smallest absolute Gasteiger partial charge is 0.0928 e. The quantitative estimate of drug-likeness (QED) is 0.678. The van der Waals surface area contributed by atoms with Gasteiger partial charge in [-0.05, 0) is 25.2 Å². The summed E-state index contributed by atoms with van der Waals surface area (Å²) in [5.74, 6) is 0.971. The molecule has 0 amide bonds. The van der Waals surface area contributed by atoms with E-state index in [0.29, 0.717) is 12.6 Å². The number of rotatable bonds is 8. The van der Waals surface area contributed by atoms with E-state index in [1.165, 1.54) is 44.9 Å². The Hall–Kier alpha value is -0.120. The van der Waals surface area contributed by atoms with E-state index in [-0.39, 0.29) is 6.10 Å². The molecule has 3 nitrogen and oxygen atoms in total. The Morgan fingerprint density at radius 1 is 1.17 bits per heavy atom. The van der Waals surface area contributed by atoms with Crippen molar-refractivity contribution in [3.8, 4) is 0 Å². The second-order valence-corrected chi connectivity index (χ2v) is 5.58. The summed E-state index contributed by atoms with van der Waals surface area (Å²) >= 11 is 0. The Labute approximate surface area is 113 Å². The highest BCUT2D eigenvalue weighted by atomic mass is 16.5. The van der Waals surface area contributed by atoms with Crippen molar-refractivity contribution in [1.82, 2.24) is 5.32 Å². The van der Waals surface area contributed by atoms with Crippen molar-refractivity contribution < 1.29 is 9.47 Å². The molecule has 3 heteroatoms. The third-order valence-corrected chi connectivity index (χ3v) is 4.11. The third-order valence-electron chi connectivity index (χ3n) is 4.11. The minimum atomic E-state index is 0.185. The fourth-order valence-electron chi connectivity index (χ4n) is 2.97. The highest BCUT2D eigenvalue weighted by Crippen LogP contribution is 2.26. The Morgan fingerprint density at radius 3 is 2.67 bits per heavy atom. The first-order valence-corrected chi connectivity index (χ1v) is 7.55. The molecular formula is C15H31NO2. The Bertz CT molecular complexity index is 199. The molecule has 3 atom stereocenters. The van der Waals surface area contributed by atoms with Crippen LogP contribution in [-0.2, 0) is 9.47 Å². The van der Waals surface area contributed by atoms with Crippen molar-refractivity contribution in [2.45, 2.75) is 64.0 Å². The van der Waals surface area contributed by atoms with Crippen LogP contribution >= 0.6 is 0 Å². The largest absolute Gasteiger partial charge is 0.382 e. The molecule has 0 aliphatic heterocycles. The Balaban J connectivity index is 2.22. The second-order valence-electron chi connectivity index (χ2n) is 5.58. The number of hydrogen-bond acceptors (Lipinski definition) is 3. The minimum Gasteiger partial charge on any atom is -0.382 e. The SMILES string of the molecule is CCCC1CCCC(NCC(COC)OC)CC1. The maximum atomic E-state index is 5.39. The molecule has 1 N–H and O–H groups in total. The molecule has 1 saturated carbocycles. The molecule has 0 aromatic rings. The van der Waals surface area contributed by atoms with Crippen LogP contribution in [0.15, 0.2) is 0 Å². The average Bonchev–Trinajstić information content (AvgIpc) is 2.60. The number of nitrogens with one attached hydrogen (secondary N) is 1. The lowest BCUT2D eigenvalue weighted by atomic mass is 9.95. The first kappa shape index (κ1) is 15.9. The van der Waals surface area contributed by atoms with E-state index >= 15 is 0 Å². The van der Waals surface area contributed by atoms with Crippen molar-refractivity contribution in [1.29, 1.82) is 0 Å². The van der Waals surface area contributed by atoms with Crippen LogP contribution < -0.4 is 5.32 Å². The normalized spacial score (nSPS) is 26.8. The number of methoxy groups -OCH3 is 2. The Morgan fingerprint density at radius 2 is 2.00 bits per heavy atom. The predicted molar refractivity (Wildman–Crippen MR) is 75.9 cm³/mol. The van der Waals surface area contributed by atoms with Crippen LogP contribution in [0, 0.1) is 5.92 Å². The summed E-state index contributed by atoms with van der Waals surface area (Å²) in [5.41, 5.74) is 0. The first-order valence-electron chi connectivity index (χ1n) is 7.55. The van der Waals surface area contributed by atoms with Gasteiger partial charge in [0.2, 0.25) is 0 Å². The van der Waals surface area contributed by atoms with Gasteiger partial charge in [-0.15, -0.1) is 0 Å². The van der Waals surface area contributed by atoms with Gasteiger partial charge >= 0.3 is 0 Å². The zero-order chi connectivity index (χ0) is 13.2. The molecule has 0 radical (unpaired) electrons. The molecule has 1 aliphatic carbocycles. The maximum Gasteiger partial charge on any atom is 0.0928 e. The van der Waals surface area contributed by atoms with Gasteiger partial charge in [-0.2, -0.15) is 0 Å². The van der Waals surface area contributed by atoms with Crippen molar-refractivity contribution in [3.63, 3.8) is 0 Å². The van der Waals surface area contributed by atoms with E-state index in [4.69, 9.17) is 9.47 Å². The van der Waals surface area contributed by atoms with E-state index in [9.17, 15) is 0 Å². The fraction of sp³-hybridized carbons (Fsp3) is 1.00. The molecule has 0 saturated heterocycles. The van der Waals surface area contributed by atoms with Crippen LogP contribution in [0.2, 0.25) is 0 Å². The number of hydrogen-bond donors (Lipinski definition) is 1. The molecule has 0 heterocycles. The van der Waals surface area contributed by atoms with E-state index in [0.717, 1.165) is 12.5 Å². The summed E-state index contributed by atoms with van der Waals surface area (Å²) in [6.07, 6.45) is 9.79. The Kier molecular flexibility index (Phi) is 8.64. The van der Waals surface area contributed by atoms with Crippen molar-refractivity contribution in [2.24, 2.45) is 5.92 Å². The molecule has 1 rings (SSSR count). The van der Waals surface area contributed by atoms with Crippen LogP contribution in [-0.4, -0.2) is 39.5 Å². The van der Waals surface area contributed by atoms with Crippen LogP contribution in [0.1, 0.15) is 51.9 Å². The maximum absolute atomic E-state index is 5.39. The van der Waals surface area contributed by atoms with Gasteiger partial charge in [0.05, 0.1) is 12.7 Å². The molecule has 0 aromatic heterocycles. The predicted octanol–water partition coefficient (Wildman–Crippen LogP) is 2.99. The second kappa shape index (κ2) is 9.76. The van der Waals surface area contributed by atoms with Crippen LogP contribution in [0.25, 0.3) is 0 Å². The highest BCUT2D eigenvalue weighted by Gasteiger charge is 2.19. The van der Waals surface area contributed by atoms with Gasteiger partial charge in [0, 0.05) is 26.8 Å². The molecule has 0 bridgehead atoms. The summed E-state index contributed by atoms with van der Waals surface area (Å²) < 4.78 is 10.5. The van der Waals surface area contributed by atoms with E-state index in [1.54, 1.807) is 14.2 Å². The first-order chi connectivity index (χ1) is 8.80. The summed E-state index contributed by atoms with van der Waals surface area (Å²) in [4.78, 5) is 0. The molecule has 108 valence electrons. The van der Waals surface area contributed by atoms with Gasteiger partial charge in [-0.1, -0.05) is 32.6 Å². The van der Waals surface area contributed by atoms with Crippen molar-refractivity contribution in [3.05, 3.63) is 0 Å². The zero-order valence-electron chi connectivity index (χ0n) is 12.4. The average molecular weight is 257 g/mol. The molecule has 3 unspecified atom stereocenters. The van der Waals surface area contributed by atoms with Gasteiger partial charge in [-0.3, -0.25) is 0 Å². The van der Waals surface area contributed by atoms with Gasteiger partial charge < -0.3 is 14.8 Å². The molecular weight excluding hydrogens is 226 g/mol. The van der Waals surface area contributed by atoms with Crippen LogP contribution in [0.5, 0.6) is 0 Å². The van der Waals surface area contributed by atoms with Gasteiger partial charge in [0.15, 0.2) is 0 Å². The van der Waals surface area contributed by atoms with Gasteiger partial charge in [0.25, 0.3) is 0 Å². The van der Waals surface area contributed by atoms with Crippen molar-refractivity contribution in [2.75, 3.05) is 27.4 Å². The fourth-order valence-corrected chi connectivity index (χ4v) is 2.97. The summed E-state index contributed by atoms with van der Waals surface area (Å²) in [7, 11) is 3.49. The van der Waals surface area contributed by atoms with Gasteiger partial charge in [0.1, 0.15) is 0 Å². The van der Waals surface area contributed by atoms with Gasteiger partial charge in [-0.25, -0.2) is 0 Å². The topological polar surface area (TPSA) is 30.5 Å². The lowest BCUT2D eigenvalue weighted by Crippen LogP contribution is -2.38. The lowest BCUT2D eigenvalue weighted by molar-refractivity contribution is 0.0270. The van der Waals surface area contributed by atoms with E-state index < -0.39 is 0 Å². The van der Waals surface area contributed by atoms with Crippen molar-refractivity contribution >= 4 is 0 Å². The monoisotopic (exact) mass is 257 g/mol. The third kappa shape index (κ3) is 6.17. The van der Waals surface area contributed by atoms with E-state index in [1.807, 2.05) is 0 Å². The lowest BCUT2D eigenvalue weighted by Gasteiger charge is -2.21. The molecule has 1 fully saturated rings.